The minimum Gasteiger partial charge on any atom is -0.462 e. The van der Waals surface area contributed by atoms with Crippen molar-refractivity contribution in [1.29, 1.82) is 0 Å². The van der Waals surface area contributed by atoms with E-state index >= 15 is 0 Å². The highest BCUT2D eigenvalue weighted by Gasteiger charge is 2.19. The minimum atomic E-state index is -0.756. The number of rotatable bonds is 42. The predicted molar refractivity (Wildman–Crippen MR) is 220 cm³/mol. The Morgan fingerprint density at radius 3 is 0.769 bits per heavy atom. The van der Waals surface area contributed by atoms with E-state index < -0.39 is 6.10 Å². The number of unbranched alkanes of at least 4 members (excludes halogenated alkanes) is 31. The molecule has 1 atom stereocenters. The van der Waals surface area contributed by atoms with E-state index in [0.717, 1.165) is 57.8 Å². The smallest absolute Gasteiger partial charge is 0.306 e. The van der Waals surface area contributed by atoms with E-state index in [2.05, 4.69) is 20.8 Å². The third kappa shape index (κ3) is 39.6. The molecule has 0 aliphatic rings. The van der Waals surface area contributed by atoms with Crippen LogP contribution in [0.25, 0.3) is 0 Å². The summed E-state index contributed by atoms with van der Waals surface area (Å²) in [5.74, 6) is -0.863. The standard InChI is InChI=1S/C46H88O6/c1-4-7-10-13-16-18-20-21-22-23-24-25-26-27-29-30-33-36-39-45(48)51-42-43(41-50-44(47)38-35-32-15-12-9-6-3)52-46(49)40-37-34-31-28-19-17-14-11-8-5-2/h43H,4-42H2,1-3H3. The van der Waals surface area contributed by atoms with Crippen LogP contribution in [0.4, 0.5) is 0 Å². The van der Waals surface area contributed by atoms with Gasteiger partial charge in [0.05, 0.1) is 0 Å². The summed E-state index contributed by atoms with van der Waals surface area (Å²) in [6.07, 6.45) is 42.5. The molecule has 308 valence electrons. The Labute approximate surface area is 323 Å². The lowest BCUT2D eigenvalue weighted by molar-refractivity contribution is -0.167. The summed E-state index contributed by atoms with van der Waals surface area (Å²) in [5.41, 5.74) is 0. The van der Waals surface area contributed by atoms with Crippen molar-refractivity contribution in [3.63, 3.8) is 0 Å². The maximum atomic E-state index is 12.6. The average molecular weight is 737 g/mol. The molecule has 0 rings (SSSR count). The van der Waals surface area contributed by atoms with Gasteiger partial charge in [-0.25, -0.2) is 0 Å². The van der Waals surface area contributed by atoms with E-state index in [1.807, 2.05) is 0 Å². The van der Waals surface area contributed by atoms with Crippen LogP contribution >= 0.6 is 0 Å². The quantitative estimate of drug-likeness (QED) is 0.0353. The van der Waals surface area contributed by atoms with E-state index in [4.69, 9.17) is 14.2 Å². The molecule has 6 nitrogen and oxygen atoms in total. The summed E-state index contributed by atoms with van der Waals surface area (Å²) in [5, 5.41) is 0. The van der Waals surface area contributed by atoms with E-state index in [9.17, 15) is 14.4 Å². The molecule has 52 heavy (non-hydrogen) atoms. The number of hydrogen-bond donors (Lipinski definition) is 0. The van der Waals surface area contributed by atoms with Gasteiger partial charge in [0.25, 0.3) is 0 Å². The number of ether oxygens (including phenoxy) is 3. The summed E-state index contributed by atoms with van der Waals surface area (Å²) in [4.78, 5) is 37.5. The van der Waals surface area contributed by atoms with Gasteiger partial charge >= 0.3 is 17.9 Å². The molecule has 0 spiro atoms. The fraction of sp³-hybridized carbons (Fsp3) is 0.935. The van der Waals surface area contributed by atoms with Crippen LogP contribution in [0.5, 0.6) is 0 Å². The third-order valence-corrected chi connectivity index (χ3v) is 10.4. The zero-order valence-electron chi connectivity index (χ0n) is 35.1. The van der Waals surface area contributed by atoms with Gasteiger partial charge in [-0.2, -0.15) is 0 Å². The number of carbonyl (C=O) groups excluding carboxylic acids is 3. The van der Waals surface area contributed by atoms with Crippen molar-refractivity contribution in [2.45, 2.75) is 264 Å². The van der Waals surface area contributed by atoms with E-state index in [1.165, 1.54) is 161 Å². The van der Waals surface area contributed by atoms with Crippen molar-refractivity contribution in [1.82, 2.24) is 0 Å². The first-order chi connectivity index (χ1) is 25.5. The largest absolute Gasteiger partial charge is 0.462 e. The molecule has 6 heteroatoms. The van der Waals surface area contributed by atoms with Crippen molar-refractivity contribution >= 4 is 17.9 Å². The lowest BCUT2D eigenvalue weighted by Crippen LogP contribution is -2.30. The normalized spacial score (nSPS) is 11.8. The van der Waals surface area contributed by atoms with Gasteiger partial charge in [0.2, 0.25) is 0 Å². The lowest BCUT2D eigenvalue weighted by atomic mass is 10.0. The highest BCUT2D eigenvalue weighted by Crippen LogP contribution is 2.16. The first-order valence-corrected chi connectivity index (χ1v) is 23.0. The van der Waals surface area contributed by atoms with Crippen LogP contribution in [0.15, 0.2) is 0 Å². The maximum Gasteiger partial charge on any atom is 0.306 e. The molecule has 0 saturated heterocycles. The van der Waals surface area contributed by atoms with Crippen molar-refractivity contribution in [2.75, 3.05) is 13.2 Å². The summed E-state index contributed by atoms with van der Waals surface area (Å²) in [7, 11) is 0. The number of hydrogen-bond acceptors (Lipinski definition) is 6. The summed E-state index contributed by atoms with van der Waals surface area (Å²) in [6, 6.07) is 0. The maximum absolute atomic E-state index is 12.6. The van der Waals surface area contributed by atoms with Crippen molar-refractivity contribution < 1.29 is 28.6 Å². The summed E-state index contributed by atoms with van der Waals surface area (Å²) < 4.78 is 16.6. The van der Waals surface area contributed by atoms with Crippen LogP contribution in [-0.4, -0.2) is 37.2 Å². The van der Waals surface area contributed by atoms with Crippen molar-refractivity contribution in [3.8, 4) is 0 Å². The fourth-order valence-electron chi connectivity index (χ4n) is 6.85. The highest BCUT2D eigenvalue weighted by atomic mass is 16.6. The highest BCUT2D eigenvalue weighted by molar-refractivity contribution is 5.71. The van der Waals surface area contributed by atoms with E-state index in [-0.39, 0.29) is 31.1 Å². The molecular weight excluding hydrogens is 648 g/mol. The average Bonchev–Trinajstić information content (AvgIpc) is 3.14. The van der Waals surface area contributed by atoms with Gasteiger partial charge in [0.1, 0.15) is 13.2 Å². The lowest BCUT2D eigenvalue weighted by Gasteiger charge is -2.18. The second-order valence-electron chi connectivity index (χ2n) is 15.7. The molecule has 0 radical (unpaired) electrons. The van der Waals surface area contributed by atoms with Crippen LogP contribution in [0.2, 0.25) is 0 Å². The molecule has 0 aliphatic heterocycles. The molecule has 0 aromatic carbocycles. The molecule has 0 aromatic rings. The van der Waals surface area contributed by atoms with Gasteiger partial charge in [0, 0.05) is 19.3 Å². The van der Waals surface area contributed by atoms with Crippen molar-refractivity contribution in [3.05, 3.63) is 0 Å². The Hall–Kier alpha value is -1.59. The predicted octanol–water partition coefficient (Wildman–Crippen LogP) is 14.5. The Morgan fingerprint density at radius 2 is 0.519 bits per heavy atom. The van der Waals surface area contributed by atoms with Crippen LogP contribution in [0, 0.1) is 0 Å². The van der Waals surface area contributed by atoms with Crippen LogP contribution < -0.4 is 0 Å². The van der Waals surface area contributed by atoms with Crippen molar-refractivity contribution in [2.24, 2.45) is 0 Å². The molecule has 0 N–H and O–H groups in total. The molecule has 0 bridgehead atoms. The minimum absolute atomic E-state index is 0.0635. The van der Waals surface area contributed by atoms with Gasteiger partial charge in [-0.1, -0.05) is 220 Å². The van der Waals surface area contributed by atoms with Gasteiger partial charge < -0.3 is 14.2 Å². The molecule has 0 saturated carbocycles. The molecule has 1 unspecified atom stereocenters. The second kappa shape index (κ2) is 42.2. The van der Waals surface area contributed by atoms with Crippen LogP contribution in [0.3, 0.4) is 0 Å². The molecule has 0 fully saturated rings. The molecular formula is C46H88O6. The summed E-state index contributed by atoms with van der Waals surface area (Å²) >= 11 is 0. The number of carbonyl (C=O) groups is 3. The molecule has 0 amide bonds. The Morgan fingerprint density at radius 1 is 0.308 bits per heavy atom. The van der Waals surface area contributed by atoms with Gasteiger partial charge in [-0.3, -0.25) is 14.4 Å². The van der Waals surface area contributed by atoms with Gasteiger partial charge in [-0.15, -0.1) is 0 Å². The SMILES string of the molecule is CCCCCCCCCCCCCCCCCCCCC(=O)OCC(COC(=O)CCCCCCCC)OC(=O)CCCCCCCCCCCC. The molecule has 0 aliphatic carbocycles. The Bertz CT molecular complexity index is 768. The first-order valence-electron chi connectivity index (χ1n) is 23.0. The third-order valence-electron chi connectivity index (χ3n) is 10.4. The van der Waals surface area contributed by atoms with E-state index in [0.29, 0.717) is 19.3 Å². The van der Waals surface area contributed by atoms with Gasteiger partial charge in [-0.05, 0) is 19.3 Å². The van der Waals surface area contributed by atoms with Crippen LogP contribution in [0.1, 0.15) is 258 Å². The Kier molecular flexibility index (Phi) is 40.9. The summed E-state index contributed by atoms with van der Waals surface area (Å²) in [6.45, 7) is 6.59. The topological polar surface area (TPSA) is 78.9 Å². The number of esters is 3. The molecule has 0 aromatic heterocycles. The first kappa shape index (κ1) is 50.4. The monoisotopic (exact) mass is 737 g/mol. The zero-order chi connectivity index (χ0) is 38.0. The molecule has 0 heterocycles. The van der Waals surface area contributed by atoms with Gasteiger partial charge in [0.15, 0.2) is 6.10 Å². The van der Waals surface area contributed by atoms with Crippen LogP contribution in [-0.2, 0) is 28.6 Å². The second-order valence-corrected chi connectivity index (χ2v) is 15.7. The zero-order valence-corrected chi connectivity index (χ0v) is 35.1. The van der Waals surface area contributed by atoms with E-state index in [1.54, 1.807) is 0 Å². The fourth-order valence-corrected chi connectivity index (χ4v) is 6.85. The Balaban J connectivity index is 4.13.